The number of methoxy groups -OCH3 is 1. The fourth-order valence-electron chi connectivity index (χ4n) is 3.82. The summed E-state index contributed by atoms with van der Waals surface area (Å²) in [7, 11) is -2.66. The zero-order chi connectivity index (χ0) is 24.5. The molecule has 0 radical (unpaired) electrons. The molecule has 0 heterocycles. The molecule has 0 aromatic heterocycles. The Bertz CT molecular complexity index is 788. The number of benzene rings is 1. The average molecular weight is 508 g/mol. The average Bonchev–Trinajstić information content (AvgIpc) is 2.76. The normalized spacial score (nSPS) is 12.0. The van der Waals surface area contributed by atoms with E-state index < -0.39 is 28.1 Å². The summed E-state index contributed by atoms with van der Waals surface area (Å²) in [5.74, 6) is 0.271. The van der Waals surface area contributed by atoms with Crippen LogP contribution in [0.25, 0.3) is 0 Å². The van der Waals surface area contributed by atoms with Crippen molar-refractivity contribution in [3.63, 3.8) is 0 Å². The maximum Gasteiger partial charge on any atom is 1.00 e. The number of nitrogens with one attached hydrogen (secondary N) is 1. The van der Waals surface area contributed by atoms with Gasteiger partial charge in [-0.05, 0) is 49.4 Å². The van der Waals surface area contributed by atoms with Gasteiger partial charge in [-0.2, -0.15) is 0 Å². The van der Waals surface area contributed by atoms with Gasteiger partial charge in [-0.25, -0.2) is 13.2 Å². The molecule has 0 aliphatic rings. The third-order valence-corrected chi connectivity index (χ3v) is 6.49. The number of hydrogen-bond donors (Lipinski definition) is 1. The van der Waals surface area contributed by atoms with E-state index in [1.54, 1.807) is 7.11 Å². The van der Waals surface area contributed by atoms with Gasteiger partial charge in [0, 0.05) is 12.3 Å². The number of amides is 1. The summed E-state index contributed by atoms with van der Waals surface area (Å²) >= 11 is 0. The molecular weight excluding hydrogens is 465 g/mol. The summed E-state index contributed by atoms with van der Waals surface area (Å²) in [5, 5.41) is 2.54. The van der Waals surface area contributed by atoms with Crippen molar-refractivity contribution in [1.29, 1.82) is 0 Å². The van der Waals surface area contributed by atoms with Gasteiger partial charge in [0.1, 0.15) is 11.9 Å². The topological polar surface area (TPSA) is 105 Å². The van der Waals surface area contributed by atoms with Crippen LogP contribution in [-0.2, 0) is 14.9 Å². The van der Waals surface area contributed by atoms with Crippen LogP contribution in [0, 0.1) is 6.92 Å². The first-order chi connectivity index (χ1) is 15.8. The van der Waals surface area contributed by atoms with Crippen LogP contribution in [0.2, 0.25) is 0 Å². The third kappa shape index (κ3) is 16.0. The molecule has 7 nitrogen and oxygen atoms in total. The Balaban J connectivity index is 0.0000109. The Morgan fingerprint density at radius 3 is 2.12 bits per heavy atom. The number of hydrogen-bond acceptors (Lipinski definition) is 6. The van der Waals surface area contributed by atoms with Gasteiger partial charge in [-0.3, -0.25) is 0 Å². The number of carbonyl (C=O) groups is 1. The minimum Gasteiger partial charge on any atom is -0.748 e. The van der Waals surface area contributed by atoms with Crippen LogP contribution in [0.3, 0.4) is 0 Å². The summed E-state index contributed by atoms with van der Waals surface area (Å²) in [6, 6.07) is 5.75. The quantitative estimate of drug-likeness (QED) is 0.186. The molecule has 1 N–H and O–H groups in total. The molecule has 1 unspecified atom stereocenters. The Hall–Kier alpha value is -0.800. The number of unbranched alkanes of at least 4 members (excludes halogenated alkanes) is 9. The van der Waals surface area contributed by atoms with E-state index in [1.807, 2.05) is 25.1 Å². The molecular formula is C25H42NNaO6S. The maximum atomic E-state index is 12.3. The zero-order valence-corrected chi connectivity index (χ0v) is 24.4. The van der Waals surface area contributed by atoms with Crippen molar-refractivity contribution in [1.82, 2.24) is 5.32 Å². The second-order valence-corrected chi connectivity index (χ2v) is 10.2. The summed E-state index contributed by atoms with van der Waals surface area (Å²) in [5.41, 5.74) is 1.87. The Kier molecular flexibility index (Phi) is 18.9. The summed E-state index contributed by atoms with van der Waals surface area (Å²) in [6.07, 6.45) is 12.1. The monoisotopic (exact) mass is 507 g/mol. The van der Waals surface area contributed by atoms with Crippen molar-refractivity contribution in [3.8, 4) is 5.75 Å². The number of ether oxygens (including phenoxy) is 2. The van der Waals surface area contributed by atoms with E-state index in [0.717, 1.165) is 29.7 Å². The van der Waals surface area contributed by atoms with Crippen LogP contribution in [0.5, 0.6) is 5.75 Å². The molecule has 0 saturated carbocycles. The van der Waals surface area contributed by atoms with Gasteiger partial charge < -0.3 is 19.3 Å². The van der Waals surface area contributed by atoms with Gasteiger partial charge >= 0.3 is 35.7 Å². The van der Waals surface area contributed by atoms with E-state index in [2.05, 4.69) is 12.2 Å². The van der Waals surface area contributed by atoms with Gasteiger partial charge in [0.2, 0.25) is 0 Å². The standard InChI is InChI=1S/C25H43NO6S.Na/c1-4-5-6-7-8-9-10-11-12-13-15-24(22-16-17-23(31-3)21(2)20-22)32-25(27)26-18-14-19-33(28,29)30;/h16-17,20,24H,4-15,18-19H2,1-3H3,(H,26,27)(H,28,29,30);/q;+1/p-1. The molecule has 34 heavy (non-hydrogen) atoms. The minimum atomic E-state index is -4.28. The molecule has 9 heteroatoms. The Morgan fingerprint density at radius 1 is 1.00 bits per heavy atom. The smallest absolute Gasteiger partial charge is 0.748 e. The molecule has 1 rings (SSSR count). The van der Waals surface area contributed by atoms with Gasteiger partial charge in [0.05, 0.1) is 17.2 Å². The van der Waals surface area contributed by atoms with E-state index in [9.17, 15) is 17.8 Å². The molecule has 1 aromatic rings. The Labute approximate surface area is 228 Å². The van der Waals surface area contributed by atoms with E-state index in [4.69, 9.17) is 9.47 Å². The van der Waals surface area contributed by atoms with E-state index in [-0.39, 0.29) is 42.5 Å². The van der Waals surface area contributed by atoms with Crippen molar-refractivity contribution in [2.75, 3.05) is 19.4 Å². The van der Waals surface area contributed by atoms with Gasteiger partial charge in [0.25, 0.3) is 0 Å². The van der Waals surface area contributed by atoms with Crippen LogP contribution in [0.4, 0.5) is 4.79 Å². The van der Waals surface area contributed by atoms with Gasteiger partial charge in [0.15, 0.2) is 0 Å². The molecule has 1 atom stereocenters. The second kappa shape index (κ2) is 19.4. The largest absolute Gasteiger partial charge is 1.00 e. The van der Waals surface area contributed by atoms with Crippen LogP contribution in [0.1, 0.15) is 101 Å². The third-order valence-electron chi connectivity index (χ3n) is 5.70. The zero-order valence-electron chi connectivity index (χ0n) is 21.6. The number of rotatable bonds is 18. The van der Waals surface area contributed by atoms with Crippen molar-refractivity contribution in [2.24, 2.45) is 0 Å². The first-order valence-electron chi connectivity index (χ1n) is 12.3. The van der Waals surface area contributed by atoms with E-state index in [1.165, 1.54) is 51.4 Å². The van der Waals surface area contributed by atoms with Gasteiger partial charge in [-0.15, -0.1) is 0 Å². The summed E-state index contributed by atoms with van der Waals surface area (Å²) in [4.78, 5) is 12.3. The van der Waals surface area contributed by atoms with Crippen molar-refractivity contribution in [2.45, 2.75) is 97.0 Å². The number of aryl methyl sites for hydroxylation is 1. The molecule has 1 amide bonds. The maximum absolute atomic E-state index is 12.3. The first-order valence-corrected chi connectivity index (χ1v) is 13.9. The number of alkyl carbamates (subject to hydrolysis) is 1. The first kappa shape index (κ1) is 33.2. The van der Waals surface area contributed by atoms with Crippen LogP contribution in [0.15, 0.2) is 18.2 Å². The molecule has 0 spiro atoms. The molecule has 0 bridgehead atoms. The molecule has 0 aliphatic carbocycles. The number of carbonyl (C=O) groups excluding carboxylic acids is 1. The summed E-state index contributed by atoms with van der Waals surface area (Å²) in [6.45, 7) is 4.26. The second-order valence-electron chi connectivity index (χ2n) is 8.64. The minimum absolute atomic E-state index is 0. The van der Waals surface area contributed by atoms with E-state index >= 15 is 0 Å². The predicted molar refractivity (Wildman–Crippen MR) is 131 cm³/mol. The fraction of sp³-hybridized carbons (Fsp3) is 0.720. The molecule has 0 aliphatic heterocycles. The Morgan fingerprint density at radius 2 is 1.59 bits per heavy atom. The molecule has 0 fully saturated rings. The van der Waals surface area contributed by atoms with Crippen molar-refractivity contribution >= 4 is 16.2 Å². The SMILES string of the molecule is CCCCCCCCCCCCC(OC(=O)NCCCS(=O)(=O)[O-])c1ccc(OC)c(C)c1.[Na+]. The van der Waals surface area contributed by atoms with E-state index in [0.29, 0.717) is 6.42 Å². The van der Waals surface area contributed by atoms with Crippen LogP contribution in [-0.4, -0.2) is 38.5 Å². The molecule has 1 aromatic carbocycles. The fourth-order valence-corrected chi connectivity index (χ4v) is 4.32. The van der Waals surface area contributed by atoms with Crippen molar-refractivity contribution < 1.29 is 56.8 Å². The van der Waals surface area contributed by atoms with Gasteiger partial charge in [-0.1, -0.05) is 70.8 Å². The molecule has 190 valence electrons. The summed E-state index contributed by atoms with van der Waals surface area (Å²) < 4.78 is 43.0. The van der Waals surface area contributed by atoms with Crippen LogP contribution >= 0.6 is 0 Å². The van der Waals surface area contributed by atoms with Crippen molar-refractivity contribution in [3.05, 3.63) is 29.3 Å². The van der Waals surface area contributed by atoms with Crippen LogP contribution < -0.4 is 39.6 Å². The predicted octanol–water partition coefficient (Wildman–Crippen LogP) is 3.02. The molecule has 0 saturated heterocycles.